The highest BCUT2D eigenvalue weighted by Gasteiger charge is 2.06. The van der Waals surface area contributed by atoms with Crippen LogP contribution in [0.25, 0.3) is 0 Å². The molecule has 5 nitrogen and oxygen atoms in total. The molecule has 0 aromatic carbocycles. The highest BCUT2D eigenvalue weighted by atomic mass is 16.7. The fourth-order valence-electron chi connectivity index (χ4n) is 0.988. The van der Waals surface area contributed by atoms with Gasteiger partial charge in [-0.2, -0.15) is 0 Å². The van der Waals surface area contributed by atoms with Gasteiger partial charge in [-0.3, -0.25) is 9.69 Å². The Morgan fingerprint density at radius 1 is 1.43 bits per heavy atom. The van der Waals surface area contributed by atoms with Crippen LogP contribution in [0.2, 0.25) is 0 Å². The minimum absolute atomic E-state index is 0.284. The predicted octanol–water partition coefficient (Wildman–Crippen LogP) is -0.0280. The standard InChI is InChI=1S/C9H17N3O2/c1-3-6-12(7-4-2)8-5-9(13)14-11-10/h3-4,11H,1-2,5-8,10H2. The number of hydrogen-bond donors (Lipinski definition) is 2. The molecule has 0 saturated heterocycles. The molecule has 80 valence electrons. The van der Waals surface area contributed by atoms with Crippen LogP contribution in [0.5, 0.6) is 0 Å². The molecule has 5 heteroatoms. The Hall–Kier alpha value is -1.17. The van der Waals surface area contributed by atoms with Crippen LogP contribution in [0.1, 0.15) is 6.42 Å². The first kappa shape index (κ1) is 12.8. The number of hydrogen-bond acceptors (Lipinski definition) is 5. The third kappa shape index (κ3) is 6.36. The molecule has 0 unspecified atom stereocenters. The van der Waals surface area contributed by atoms with Crippen LogP contribution < -0.4 is 11.4 Å². The lowest BCUT2D eigenvalue weighted by molar-refractivity contribution is -0.151. The topological polar surface area (TPSA) is 67.6 Å². The van der Waals surface area contributed by atoms with Crippen molar-refractivity contribution in [2.24, 2.45) is 5.84 Å². The van der Waals surface area contributed by atoms with Crippen molar-refractivity contribution in [3.63, 3.8) is 0 Å². The van der Waals surface area contributed by atoms with Gasteiger partial charge in [-0.05, 0) is 0 Å². The summed E-state index contributed by atoms with van der Waals surface area (Å²) < 4.78 is 0. The zero-order chi connectivity index (χ0) is 10.8. The van der Waals surface area contributed by atoms with Gasteiger partial charge >= 0.3 is 5.97 Å². The van der Waals surface area contributed by atoms with E-state index in [2.05, 4.69) is 18.0 Å². The fraction of sp³-hybridized carbons (Fsp3) is 0.444. The molecule has 0 aromatic heterocycles. The normalized spacial score (nSPS) is 9.86. The van der Waals surface area contributed by atoms with E-state index in [9.17, 15) is 4.79 Å². The third-order valence-corrected chi connectivity index (χ3v) is 1.58. The van der Waals surface area contributed by atoms with Crippen LogP contribution in [0.15, 0.2) is 25.3 Å². The molecule has 0 rings (SSSR count). The second-order valence-electron chi connectivity index (χ2n) is 2.68. The lowest BCUT2D eigenvalue weighted by atomic mass is 10.3. The van der Waals surface area contributed by atoms with Crippen molar-refractivity contribution in [2.75, 3.05) is 19.6 Å². The van der Waals surface area contributed by atoms with Crippen molar-refractivity contribution in [1.82, 2.24) is 10.5 Å². The predicted molar refractivity (Wildman–Crippen MR) is 54.9 cm³/mol. The van der Waals surface area contributed by atoms with E-state index in [4.69, 9.17) is 5.84 Å². The number of nitrogens with two attached hydrogens (primary N) is 1. The quantitative estimate of drug-likeness (QED) is 0.326. The molecule has 0 spiro atoms. The van der Waals surface area contributed by atoms with E-state index in [-0.39, 0.29) is 12.4 Å². The summed E-state index contributed by atoms with van der Waals surface area (Å²) >= 11 is 0. The van der Waals surface area contributed by atoms with Gasteiger partial charge in [0.15, 0.2) is 0 Å². The number of carbonyl (C=O) groups is 1. The second kappa shape index (κ2) is 8.43. The molecule has 0 radical (unpaired) electrons. The van der Waals surface area contributed by atoms with Gasteiger partial charge in [0.2, 0.25) is 0 Å². The molecule has 14 heavy (non-hydrogen) atoms. The molecule has 0 atom stereocenters. The van der Waals surface area contributed by atoms with E-state index in [1.165, 1.54) is 0 Å². The van der Waals surface area contributed by atoms with E-state index < -0.39 is 0 Å². The van der Waals surface area contributed by atoms with E-state index >= 15 is 0 Å². The summed E-state index contributed by atoms with van der Waals surface area (Å²) in [5.74, 6) is 4.43. The van der Waals surface area contributed by atoms with Gasteiger partial charge in [0.1, 0.15) is 0 Å². The average molecular weight is 199 g/mol. The van der Waals surface area contributed by atoms with Gasteiger partial charge in [-0.1, -0.05) is 17.7 Å². The number of rotatable bonds is 8. The number of nitrogens with one attached hydrogen (secondary N) is 1. The van der Waals surface area contributed by atoms with Crippen molar-refractivity contribution < 1.29 is 9.63 Å². The zero-order valence-electron chi connectivity index (χ0n) is 8.24. The van der Waals surface area contributed by atoms with Crippen LogP contribution >= 0.6 is 0 Å². The summed E-state index contributed by atoms with van der Waals surface area (Å²) in [4.78, 5) is 17.3. The van der Waals surface area contributed by atoms with Gasteiger partial charge in [0.05, 0.1) is 6.42 Å². The highest BCUT2D eigenvalue weighted by molar-refractivity contribution is 5.69. The van der Waals surface area contributed by atoms with Crippen molar-refractivity contribution in [3.05, 3.63) is 25.3 Å². The van der Waals surface area contributed by atoms with E-state index in [1.807, 2.05) is 10.5 Å². The van der Waals surface area contributed by atoms with Gasteiger partial charge in [0, 0.05) is 19.6 Å². The van der Waals surface area contributed by atoms with Crippen LogP contribution in [-0.2, 0) is 9.63 Å². The highest BCUT2D eigenvalue weighted by Crippen LogP contribution is 1.93. The van der Waals surface area contributed by atoms with Crippen molar-refractivity contribution in [2.45, 2.75) is 6.42 Å². The molecular weight excluding hydrogens is 182 g/mol. The summed E-state index contributed by atoms with van der Waals surface area (Å²) in [6.07, 6.45) is 3.83. The van der Waals surface area contributed by atoms with Gasteiger partial charge in [-0.15, -0.1) is 13.2 Å². The fourth-order valence-corrected chi connectivity index (χ4v) is 0.988. The Morgan fingerprint density at radius 2 is 2.00 bits per heavy atom. The Bertz CT molecular complexity index is 184. The van der Waals surface area contributed by atoms with Crippen molar-refractivity contribution in [3.8, 4) is 0 Å². The molecule has 0 saturated carbocycles. The number of nitrogens with zero attached hydrogens (tertiary/aromatic N) is 1. The lowest BCUT2D eigenvalue weighted by Crippen LogP contribution is -2.30. The maximum absolute atomic E-state index is 10.9. The first-order chi connectivity index (χ1) is 6.74. The minimum atomic E-state index is -0.384. The number of carbonyl (C=O) groups excluding carboxylic acids is 1. The van der Waals surface area contributed by atoms with Crippen LogP contribution in [0.3, 0.4) is 0 Å². The summed E-state index contributed by atoms with van der Waals surface area (Å²) in [5.41, 5.74) is 1.85. The molecule has 0 heterocycles. The van der Waals surface area contributed by atoms with Crippen LogP contribution in [0, 0.1) is 0 Å². The minimum Gasteiger partial charge on any atom is -0.356 e. The lowest BCUT2D eigenvalue weighted by Gasteiger charge is -2.17. The largest absolute Gasteiger partial charge is 0.356 e. The maximum Gasteiger partial charge on any atom is 0.327 e. The summed E-state index contributed by atoms with van der Waals surface area (Å²) in [6.45, 7) is 9.27. The summed E-state index contributed by atoms with van der Waals surface area (Å²) in [6, 6.07) is 0. The molecule has 0 aliphatic heterocycles. The first-order valence-corrected chi connectivity index (χ1v) is 4.34. The molecule has 0 bridgehead atoms. The Balaban J connectivity index is 3.73. The van der Waals surface area contributed by atoms with E-state index in [1.54, 1.807) is 12.2 Å². The Kier molecular flexibility index (Phi) is 7.72. The molecule has 0 aliphatic carbocycles. The van der Waals surface area contributed by atoms with Crippen molar-refractivity contribution in [1.29, 1.82) is 0 Å². The van der Waals surface area contributed by atoms with Crippen molar-refractivity contribution >= 4 is 5.97 Å². The monoisotopic (exact) mass is 199 g/mol. The number of hydrazine groups is 1. The molecule has 3 N–H and O–H groups in total. The van der Waals surface area contributed by atoms with Gasteiger partial charge in [-0.25, -0.2) is 5.84 Å². The van der Waals surface area contributed by atoms with E-state index in [0.29, 0.717) is 6.54 Å². The second-order valence-corrected chi connectivity index (χ2v) is 2.68. The average Bonchev–Trinajstić information content (AvgIpc) is 2.15. The van der Waals surface area contributed by atoms with Crippen LogP contribution in [-0.4, -0.2) is 30.5 Å². The SMILES string of the molecule is C=CCN(CC=C)CCC(=O)ONN. The van der Waals surface area contributed by atoms with E-state index in [0.717, 1.165) is 13.1 Å². The molecule has 0 fully saturated rings. The summed E-state index contributed by atoms with van der Waals surface area (Å²) in [5, 5.41) is 0. The molecular formula is C9H17N3O2. The Morgan fingerprint density at radius 3 is 2.43 bits per heavy atom. The summed E-state index contributed by atoms with van der Waals surface area (Å²) in [7, 11) is 0. The van der Waals surface area contributed by atoms with Gasteiger partial charge in [0.25, 0.3) is 0 Å². The molecule has 0 amide bonds. The zero-order valence-corrected chi connectivity index (χ0v) is 8.24. The Labute approximate surface area is 84.1 Å². The third-order valence-electron chi connectivity index (χ3n) is 1.58. The smallest absolute Gasteiger partial charge is 0.327 e. The molecule has 0 aromatic rings. The van der Waals surface area contributed by atoms with Crippen LogP contribution in [0.4, 0.5) is 0 Å². The molecule has 0 aliphatic rings. The maximum atomic E-state index is 10.9. The van der Waals surface area contributed by atoms with Gasteiger partial charge < -0.3 is 4.84 Å². The first-order valence-electron chi connectivity index (χ1n) is 4.34.